The Morgan fingerprint density at radius 2 is 1.86 bits per heavy atom. The molecule has 28 heavy (non-hydrogen) atoms. The van der Waals surface area contributed by atoms with Crippen molar-refractivity contribution in [3.63, 3.8) is 0 Å². The zero-order chi connectivity index (χ0) is 20.1. The molecule has 1 saturated heterocycles. The van der Waals surface area contributed by atoms with E-state index in [0.717, 1.165) is 30.5 Å². The minimum Gasteiger partial charge on any atom is -0.355 e. The lowest BCUT2D eigenvalue weighted by atomic mass is 9.79. The molecule has 1 aliphatic heterocycles. The number of aromatic nitrogens is 1. The number of fused-ring (bicyclic) bond motifs is 1. The number of pyridine rings is 1. The highest BCUT2D eigenvalue weighted by atomic mass is 35.5. The van der Waals surface area contributed by atoms with Gasteiger partial charge in [0.1, 0.15) is 11.2 Å². The van der Waals surface area contributed by atoms with Gasteiger partial charge in [-0.25, -0.2) is 4.98 Å². The van der Waals surface area contributed by atoms with Crippen molar-refractivity contribution >= 4 is 29.0 Å². The van der Waals surface area contributed by atoms with Crippen molar-refractivity contribution in [1.82, 2.24) is 4.98 Å². The molecule has 2 atom stereocenters. The highest BCUT2D eigenvalue weighted by Gasteiger charge is 2.59. The number of hydrogen-bond acceptors (Lipinski definition) is 3. The van der Waals surface area contributed by atoms with E-state index in [1.165, 1.54) is 18.2 Å². The fourth-order valence-electron chi connectivity index (χ4n) is 4.33. The number of benzene rings is 1. The molecule has 8 heteroatoms. The van der Waals surface area contributed by atoms with Crippen LogP contribution in [0, 0.1) is 0 Å². The largest absolute Gasteiger partial charge is 0.400 e. The lowest BCUT2D eigenvalue weighted by molar-refractivity contribution is -0.184. The van der Waals surface area contributed by atoms with Gasteiger partial charge in [-0.1, -0.05) is 29.3 Å². The fourth-order valence-corrected chi connectivity index (χ4v) is 4.85. The number of hydrogen-bond donors (Lipinski definition) is 1. The Labute approximate surface area is 171 Å². The molecule has 0 saturated carbocycles. The first kappa shape index (κ1) is 19.8. The van der Waals surface area contributed by atoms with Gasteiger partial charge in [0.2, 0.25) is 0 Å². The summed E-state index contributed by atoms with van der Waals surface area (Å²) in [5.74, 6) is 0.562. The summed E-state index contributed by atoms with van der Waals surface area (Å²) in [6, 6.07) is 7.81. The third kappa shape index (κ3) is 3.36. The van der Waals surface area contributed by atoms with Gasteiger partial charge in [0.25, 0.3) is 0 Å². The van der Waals surface area contributed by atoms with Crippen LogP contribution in [-0.4, -0.2) is 24.2 Å². The highest BCUT2D eigenvalue weighted by Crippen LogP contribution is 2.49. The molecule has 0 amide bonds. The number of nitrogens with two attached hydrogens (primary N) is 1. The van der Waals surface area contributed by atoms with E-state index in [1.54, 1.807) is 11.0 Å². The number of anilines is 1. The topological polar surface area (TPSA) is 42.1 Å². The summed E-state index contributed by atoms with van der Waals surface area (Å²) < 4.78 is 42.7. The van der Waals surface area contributed by atoms with Crippen LogP contribution in [0.1, 0.15) is 42.1 Å². The second-order valence-electron chi connectivity index (χ2n) is 7.61. The molecular formula is C20H20Cl2F3N3. The summed E-state index contributed by atoms with van der Waals surface area (Å²) in [4.78, 5) is 6.35. The lowest BCUT2D eigenvalue weighted by Gasteiger charge is -2.33. The second kappa shape index (κ2) is 7.08. The molecule has 0 bridgehead atoms. The van der Waals surface area contributed by atoms with Crippen molar-refractivity contribution in [2.75, 3.05) is 18.0 Å². The van der Waals surface area contributed by atoms with Gasteiger partial charge < -0.3 is 10.6 Å². The van der Waals surface area contributed by atoms with E-state index in [9.17, 15) is 13.2 Å². The van der Waals surface area contributed by atoms with E-state index < -0.39 is 11.6 Å². The molecule has 0 spiro atoms. The van der Waals surface area contributed by atoms with Crippen molar-refractivity contribution in [3.05, 3.63) is 57.2 Å². The molecule has 3 nitrogen and oxygen atoms in total. The number of rotatable bonds is 2. The van der Waals surface area contributed by atoms with E-state index >= 15 is 0 Å². The van der Waals surface area contributed by atoms with Crippen LogP contribution in [-0.2, 0) is 11.8 Å². The van der Waals surface area contributed by atoms with Crippen LogP contribution in [0.5, 0.6) is 0 Å². The summed E-state index contributed by atoms with van der Waals surface area (Å²) in [7, 11) is 0. The molecule has 1 aromatic heterocycles. The molecule has 2 unspecified atom stereocenters. The van der Waals surface area contributed by atoms with Gasteiger partial charge in [0.15, 0.2) is 0 Å². The molecule has 2 aliphatic rings. The summed E-state index contributed by atoms with van der Waals surface area (Å²) in [6.07, 6.45) is -1.86. The smallest absolute Gasteiger partial charge is 0.355 e. The van der Waals surface area contributed by atoms with Crippen molar-refractivity contribution in [3.8, 4) is 0 Å². The molecule has 2 N–H and O–H groups in total. The van der Waals surface area contributed by atoms with E-state index in [0.29, 0.717) is 5.82 Å². The SMILES string of the molecule is NC1CCCc2nc(N3CCC(c4cc(Cl)cc(Cl)c4)(C(F)(F)F)C3)ccc21. The van der Waals surface area contributed by atoms with Gasteiger partial charge in [0.05, 0.1) is 0 Å². The standard InChI is InChI=1S/C20H20Cl2F3N3/c21-13-8-12(9-14(22)10-13)19(20(23,24)25)6-7-28(11-19)18-5-4-15-16(26)2-1-3-17(15)27-18/h4-5,8-10,16H,1-3,6-7,11,26H2. The van der Waals surface area contributed by atoms with Gasteiger partial charge in [-0.3, -0.25) is 0 Å². The number of halogens is 5. The van der Waals surface area contributed by atoms with Gasteiger partial charge in [-0.05, 0) is 61.1 Å². The minimum atomic E-state index is -4.44. The molecule has 2 heterocycles. The van der Waals surface area contributed by atoms with Crippen LogP contribution in [0.2, 0.25) is 10.0 Å². The summed E-state index contributed by atoms with van der Waals surface area (Å²) in [5, 5.41) is 0.399. The normalized spacial score (nSPS) is 25.1. The lowest BCUT2D eigenvalue weighted by Crippen LogP contribution is -2.45. The first-order chi connectivity index (χ1) is 13.2. The molecule has 1 fully saturated rings. The predicted octanol–water partition coefficient (Wildman–Crippen LogP) is 5.43. The third-order valence-corrected chi connectivity index (χ3v) is 6.31. The fraction of sp³-hybridized carbons (Fsp3) is 0.450. The van der Waals surface area contributed by atoms with Crippen LogP contribution in [0.3, 0.4) is 0 Å². The molecule has 2 aromatic rings. The Hall–Kier alpha value is -1.50. The van der Waals surface area contributed by atoms with Crippen molar-refractivity contribution in [1.29, 1.82) is 0 Å². The number of nitrogens with zero attached hydrogens (tertiary/aromatic N) is 2. The first-order valence-electron chi connectivity index (χ1n) is 9.23. The maximum Gasteiger partial charge on any atom is 0.400 e. The monoisotopic (exact) mass is 429 g/mol. The van der Waals surface area contributed by atoms with Crippen molar-refractivity contribution in [2.45, 2.75) is 43.3 Å². The Morgan fingerprint density at radius 1 is 1.14 bits per heavy atom. The van der Waals surface area contributed by atoms with Crippen LogP contribution < -0.4 is 10.6 Å². The summed E-state index contributed by atoms with van der Waals surface area (Å²) in [6.45, 7) is 0.0342. The van der Waals surface area contributed by atoms with Crippen LogP contribution in [0.25, 0.3) is 0 Å². The minimum absolute atomic E-state index is 0.0493. The van der Waals surface area contributed by atoms with Crippen molar-refractivity contribution < 1.29 is 13.2 Å². The van der Waals surface area contributed by atoms with E-state index in [-0.39, 0.29) is 41.2 Å². The van der Waals surface area contributed by atoms with Gasteiger partial charge >= 0.3 is 6.18 Å². The summed E-state index contributed by atoms with van der Waals surface area (Å²) in [5.41, 5.74) is 6.09. The average Bonchev–Trinajstić information content (AvgIpc) is 3.07. The molecule has 4 rings (SSSR count). The van der Waals surface area contributed by atoms with Gasteiger partial charge in [-0.15, -0.1) is 0 Å². The average molecular weight is 430 g/mol. The molecule has 1 aromatic carbocycles. The maximum absolute atomic E-state index is 14.2. The van der Waals surface area contributed by atoms with E-state index in [4.69, 9.17) is 28.9 Å². The van der Waals surface area contributed by atoms with Crippen molar-refractivity contribution in [2.24, 2.45) is 5.73 Å². The maximum atomic E-state index is 14.2. The second-order valence-corrected chi connectivity index (χ2v) is 8.49. The quantitative estimate of drug-likeness (QED) is 0.691. The molecule has 0 radical (unpaired) electrons. The van der Waals surface area contributed by atoms with E-state index in [2.05, 4.69) is 4.98 Å². The zero-order valence-corrected chi connectivity index (χ0v) is 16.6. The number of aryl methyl sites for hydroxylation is 1. The third-order valence-electron chi connectivity index (χ3n) is 5.87. The van der Waals surface area contributed by atoms with Crippen LogP contribution >= 0.6 is 23.2 Å². The first-order valence-corrected chi connectivity index (χ1v) is 9.99. The Balaban J connectivity index is 1.70. The van der Waals surface area contributed by atoms with Crippen LogP contribution in [0.4, 0.5) is 19.0 Å². The van der Waals surface area contributed by atoms with E-state index in [1.807, 2.05) is 6.07 Å². The molecule has 1 aliphatic carbocycles. The Kier molecular flexibility index (Phi) is 5.01. The van der Waals surface area contributed by atoms with Crippen LogP contribution in [0.15, 0.2) is 30.3 Å². The highest BCUT2D eigenvalue weighted by molar-refractivity contribution is 6.34. The Morgan fingerprint density at radius 3 is 2.54 bits per heavy atom. The molecular weight excluding hydrogens is 410 g/mol. The zero-order valence-electron chi connectivity index (χ0n) is 15.1. The summed E-state index contributed by atoms with van der Waals surface area (Å²) >= 11 is 12.0. The van der Waals surface area contributed by atoms with Gasteiger partial charge in [0, 0.05) is 34.9 Å². The Bertz CT molecular complexity index is 883. The molecule has 150 valence electrons. The number of alkyl halides is 3. The van der Waals surface area contributed by atoms with Gasteiger partial charge in [-0.2, -0.15) is 13.2 Å². The predicted molar refractivity (Wildman–Crippen MR) is 105 cm³/mol.